The van der Waals surface area contributed by atoms with Gasteiger partial charge in [0.25, 0.3) is 0 Å². The van der Waals surface area contributed by atoms with E-state index in [2.05, 4.69) is 25.3 Å². The molecule has 4 heterocycles. The quantitative estimate of drug-likeness (QED) is 0.807. The molecule has 2 aromatic rings. The van der Waals surface area contributed by atoms with Gasteiger partial charge in [0.2, 0.25) is 5.91 Å². The van der Waals surface area contributed by atoms with E-state index in [1.165, 1.54) is 0 Å². The number of aryl methyl sites for hydroxylation is 1. The van der Waals surface area contributed by atoms with E-state index in [9.17, 15) is 4.79 Å². The van der Waals surface area contributed by atoms with Crippen LogP contribution < -0.4 is 5.32 Å². The average molecular weight is 398 g/mol. The number of aromatic nitrogens is 2. The number of hydrogen-bond acceptors (Lipinski definition) is 6. The minimum atomic E-state index is 0.0858. The molecule has 0 saturated carbocycles. The van der Waals surface area contributed by atoms with Gasteiger partial charge in [0, 0.05) is 37.9 Å². The maximum atomic E-state index is 12.7. The summed E-state index contributed by atoms with van der Waals surface area (Å²) >= 11 is 0. The zero-order valence-corrected chi connectivity index (χ0v) is 17.2. The van der Waals surface area contributed by atoms with E-state index in [4.69, 9.17) is 4.52 Å². The van der Waals surface area contributed by atoms with Crippen molar-refractivity contribution in [3.05, 3.63) is 47.6 Å². The van der Waals surface area contributed by atoms with Gasteiger partial charge in [-0.25, -0.2) is 0 Å². The van der Waals surface area contributed by atoms with E-state index in [1.807, 2.05) is 31.2 Å². The first-order valence-corrected chi connectivity index (χ1v) is 10.7. The highest BCUT2D eigenvalue weighted by molar-refractivity contribution is 5.78. The number of nitrogens with zero attached hydrogens (tertiary/aromatic N) is 4. The molecule has 0 spiro atoms. The number of hydrogen-bond donors (Lipinski definition) is 1. The summed E-state index contributed by atoms with van der Waals surface area (Å²) in [5.41, 5.74) is 1.85. The Morgan fingerprint density at radius 3 is 2.83 bits per heavy atom. The van der Waals surface area contributed by atoms with Crippen LogP contribution in [-0.4, -0.2) is 58.1 Å². The van der Waals surface area contributed by atoms with Crippen molar-refractivity contribution >= 4 is 5.91 Å². The van der Waals surface area contributed by atoms with E-state index >= 15 is 0 Å². The predicted molar refractivity (Wildman–Crippen MR) is 110 cm³/mol. The van der Waals surface area contributed by atoms with E-state index in [0.717, 1.165) is 75.6 Å². The van der Waals surface area contributed by atoms with Crippen molar-refractivity contribution in [1.82, 2.24) is 25.3 Å². The second-order valence-electron chi connectivity index (χ2n) is 8.31. The minimum Gasteiger partial charge on any atom is -0.360 e. The Hall–Kier alpha value is -2.25. The zero-order valence-electron chi connectivity index (χ0n) is 17.2. The van der Waals surface area contributed by atoms with Crippen molar-refractivity contribution < 1.29 is 9.32 Å². The Labute approximate surface area is 172 Å². The Morgan fingerprint density at radius 2 is 2.10 bits per heavy atom. The molecule has 2 aromatic heterocycles. The van der Waals surface area contributed by atoms with E-state index < -0.39 is 0 Å². The molecule has 2 fully saturated rings. The molecular formula is C22H31N5O2. The summed E-state index contributed by atoms with van der Waals surface area (Å²) in [4.78, 5) is 21.9. The Morgan fingerprint density at radius 1 is 1.24 bits per heavy atom. The van der Waals surface area contributed by atoms with Gasteiger partial charge in [-0.05, 0) is 51.3 Å². The highest BCUT2D eigenvalue weighted by Crippen LogP contribution is 2.25. The molecule has 0 unspecified atom stereocenters. The van der Waals surface area contributed by atoms with Crippen molar-refractivity contribution in [2.45, 2.75) is 51.7 Å². The van der Waals surface area contributed by atoms with Gasteiger partial charge in [-0.3, -0.25) is 19.6 Å². The molecule has 0 radical (unpaired) electrons. The van der Waals surface area contributed by atoms with Crippen LogP contribution in [-0.2, 0) is 17.9 Å². The number of amides is 1. The smallest absolute Gasteiger partial charge is 0.224 e. The van der Waals surface area contributed by atoms with Gasteiger partial charge >= 0.3 is 0 Å². The molecule has 4 rings (SSSR count). The summed E-state index contributed by atoms with van der Waals surface area (Å²) in [5, 5.41) is 7.05. The Bertz CT molecular complexity index is 786. The third kappa shape index (κ3) is 5.42. The highest BCUT2D eigenvalue weighted by Gasteiger charge is 2.31. The van der Waals surface area contributed by atoms with Crippen LogP contribution in [0.25, 0.3) is 0 Å². The number of nitrogens with one attached hydrogen (secondary N) is 1. The van der Waals surface area contributed by atoms with Crippen molar-refractivity contribution in [3.8, 4) is 0 Å². The van der Waals surface area contributed by atoms with Crippen LogP contribution >= 0.6 is 0 Å². The molecular weight excluding hydrogens is 366 g/mol. The van der Waals surface area contributed by atoms with E-state index in [-0.39, 0.29) is 11.8 Å². The fraction of sp³-hybridized carbons (Fsp3) is 0.591. The molecule has 2 aliphatic heterocycles. The summed E-state index contributed by atoms with van der Waals surface area (Å²) in [5.74, 6) is 1.20. The molecule has 7 nitrogen and oxygen atoms in total. The summed E-state index contributed by atoms with van der Waals surface area (Å²) in [7, 11) is 0. The number of piperidine rings is 2. The molecule has 2 saturated heterocycles. The second kappa shape index (κ2) is 9.50. The molecule has 1 atom stereocenters. The first-order valence-electron chi connectivity index (χ1n) is 10.7. The lowest BCUT2D eigenvalue weighted by Crippen LogP contribution is -2.50. The van der Waals surface area contributed by atoms with Gasteiger partial charge in [-0.1, -0.05) is 11.2 Å². The fourth-order valence-electron chi connectivity index (χ4n) is 4.53. The Kier molecular flexibility index (Phi) is 6.56. The lowest BCUT2D eigenvalue weighted by molar-refractivity contribution is -0.127. The normalized spacial score (nSPS) is 21.9. The fourth-order valence-corrected chi connectivity index (χ4v) is 4.53. The molecule has 156 valence electrons. The minimum absolute atomic E-state index is 0.0858. The van der Waals surface area contributed by atoms with Crippen LogP contribution in [0.5, 0.6) is 0 Å². The predicted octanol–water partition coefficient (Wildman–Crippen LogP) is 2.37. The molecule has 2 aliphatic rings. The van der Waals surface area contributed by atoms with Gasteiger partial charge in [-0.15, -0.1) is 0 Å². The van der Waals surface area contributed by atoms with E-state index in [0.29, 0.717) is 12.6 Å². The van der Waals surface area contributed by atoms with Crippen molar-refractivity contribution in [1.29, 1.82) is 0 Å². The largest absolute Gasteiger partial charge is 0.360 e. The van der Waals surface area contributed by atoms with Gasteiger partial charge in [0.15, 0.2) is 5.76 Å². The maximum absolute atomic E-state index is 12.7. The summed E-state index contributed by atoms with van der Waals surface area (Å²) in [6.07, 6.45) is 6.14. The molecule has 0 aliphatic carbocycles. The number of carbonyl (C=O) groups is 1. The standard InChI is InChI=1S/C22H31N5O2/c1-17-13-21(29-25-17)16-26-11-7-20(8-12-26)27-10-4-5-18(15-27)22(28)24-14-19-6-2-3-9-23-19/h2-3,6,9,13,18,20H,4-5,7-8,10-12,14-16H2,1H3,(H,24,28)/t18-/m1/s1. The highest BCUT2D eigenvalue weighted by atomic mass is 16.5. The molecule has 1 N–H and O–H groups in total. The summed E-state index contributed by atoms with van der Waals surface area (Å²) in [6.45, 7) is 7.42. The number of likely N-dealkylation sites (tertiary alicyclic amines) is 2. The summed E-state index contributed by atoms with van der Waals surface area (Å²) < 4.78 is 5.35. The van der Waals surface area contributed by atoms with Gasteiger partial charge in [0.1, 0.15) is 0 Å². The third-order valence-corrected chi connectivity index (χ3v) is 6.12. The van der Waals surface area contributed by atoms with Crippen molar-refractivity contribution in [2.24, 2.45) is 5.92 Å². The number of rotatable bonds is 6. The Balaban J connectivity index is 1.23. The first-order chi connectivity index (χ1) is 14.2. The van der Waals surface area contributed by atoms with E-state index in [1.54, 1.807) is 6.20 Å². The topological polar surface area (TPSA) is 74.5 Å². The number of pyridine rings is 1. The van der Waals surface area contributed by atoms with Gasteiger partial charge < -0.3 is 9.84 Å². The lowest BCUT2D eigenvalue weighted by atomic mass is 9.93. The summed E-state index contributed by atoms with van der Waals surface area (Å²) in [6, 6.07) is 8.38. The molecule has 7 heteroatoms. The van der Waals surface area contributed by atoms with Crippen molar-refractivity contribution in [3.63, 3.8) is 0 Å². The monoisotopic (exact) mass is 397 g/mol. The van der Waals surface area contributed by atoms with Gasteiger partial charge in [0.05, 0.1) is 30.4 Å². The third-order valence-electron chi connectivity index (χ3n) is 6.12. The van der Waals surface area contributed by atoms with Crippen LogP contribution in [0, 0.1) is 12.8 Å². The molecule has 1 amide bonds. The van der Waals surface area contributed by atoms with Crippen LogP contribution in [0.2, 0.25) is 0 Å². The molecule has 29 heavy (non-hydrogen) atoms. The maximum Gasteiger partial charge on any atom is 0.224 e. The zero-order chi connectivity index (χ0) is 20.1. The van der Waals surface area contributed by atoms with Crippen molar-refractivity contribution in [2.75, 3.05) is 26.2 Å². The van der Waals surface area contributed by atoms with Crippen LogP contribution in [0.15, 0.2) is 35.0 Å². The SMILES string of the molecule is Cc1cc(CN2CCC(N3CCC[C@@H](C(=O)NCc4ccccn4)C3)CC2)on1. The van der Waals surface area contributed by atoms with Crippen LogP contribution in [0.4, 0.5) is 0 Å². The molecule has 0 bridgehead atoms. The van der Waals surface area contributed by atoms with Gasteiger partial charge in [-0.2, -0.15) is 0 Å². The first kappa shape index (κ1) is 20.0. The average Bonchev–Trinajstić information content (AvgIpc) is 3.18. The second-order valence-corrected chi connectivity index (χ2v) is 8.31. The van der Waals surface area contributed by atoms with Crippen LogP contribution in [0.1, 0.15) is 42.8 Å². The molecule has 0 aromatic carbocycles. The number of carbonyl (C=O) groups excluding carboxylic acids is 1. The van der Waals surface area contributed by atoms with Crippen LogP contribution in [0.3, 0.4) is 0 Å². The lowest BCUT2D eigenvalue weighted by Gasteiger charge is -2.41.